The number of nitrogens with zero attached hydrogens (tertiary/aromatic N) is 3. The van der Waals surface area contributed by atoms with Crippen molar-refractivity contribution in [2.24, 2.45) is 0 Å². The SMILES string of the molecule is COc1ccc2c(-c3ccccc3)cc(=O)n(Cc3ccc(C(=O)N4CCN(Cc5ccccc5)CC4)cc3)c2c1. The third-order valence-electron chi connectivity index (χ3n) is 7.85. The lowest BCUT2D eigenvalue weighted by atomic mass is 10.0. The number of hydrogen-bond acceptors (Lipinski definition) is 4. The minimum absolute atomic E-state index is 0.0514. The summed E-state index contributed by atoms with van der Waals surface area (Å²) >= 11 is 0. The Morgan fingerprint density at radius 3 is 2.07 bits per heavy atom. The number of aromatic nitrogens is 1. The fourth-order valence-electron chi connectivity index (χ4n) is 5.58. The molecule has 6 nitrogen and oxygen atoms in total. The van der Waals surface area contributed by atoms with Gasteiger partial charge in [0, 0.05) is 55.8 Å². The summed E-state index contributed by atoms with van der Waals surface area (Å²) < 4.78 is 7.26. The van der Waals surface area contributed by atoms with E-state index in [1.165, 1.54) is 5.56 Å². The number of ether oxygens (including phenoxy) is 1. The molecule has 0 atom stereocenters. The zero-order chi connectivity index (χ0) is 28.2. The van der Waals surface area contributed by atoms with Gasteiger partial charge < -0.3 is 14.2 Å². The quantitative estimate of drug-likeness (QED) is 0.265. The molecule has 0 radical (unpaired) electrons. The van der Waals surface area contributed by atoms with Crippen molar-refractivity contribution in [3.05, 3.63) is 136 Å². The number of fused-ring (bicyclic) bond motifs is 1. The van der Waals surface area contributed by atoms with Crippen molar-refractivity contribution in [1.82, 2.24) is 14.4 Å². The normalized spacial score (nSPS) is 13.8. The van der Waals surface area contributed by atoms with Crippen LogP contribution >= 0.6 is 0 Å². The Bertz CT molecular complexity index is 1710. The zero-order valence-electron chi connectivity index (χ0n) is 23.2. The lowest BCUT2D eigenvalue weighted by Crippen LogP contribution is -2.48. The van der Waals surface area contributed by atoms with E-state index in [9.17, 15) is 9.59 Å². The van der Waals surface area contributed by atoms with Crippen LogP contribution in [0.15, 0.2) is 114 Å². The number of rotatable bonds is 7. The Labute approximate surface area is 240 Å². The van der Waals surface area contributed by atoms with Crippen molar-refractivity contribution in [3.63, 3.8) is 0 Å². The highest BCUT2D eigenvalue weighted by Gasteiger charge is 2.22. The second-order valence-corrected chi connectivity index (χ2v) is 10.5. The maximum absolute atomic E-state index is 13.4. The summed E-state index contributed by atoms with van der Waals surface area (Å²) in [5.74, 6) is 0.746. The van der Waals surface area contributed by atoms with Crippen molar-refractivity contribution in [2.75, 3.05) is 33.3 Å². The van der Waals surface area contributed by atoms with Gasteiger partial charge in [-0.3, -0.25) is 14.5 Å². The van der Waals surface area contributed by atoms with Gasteiger partial charge >= 0.3 is 0 Å². The third-order valence-corrected chi connectivity index (χ3v) is 7.85. The third kappa shape index (κ3) is 5.79. The minimum Gasteiger partial charge on any atom is -0.497 e. The van der Waals surface area contributed by atoms with Gasteiger partial charge in [-0.2, -0.15) is 0 Å². The largest absolute Gasteiger partial charge is 0.497 e. The van der Waals surface area contributed by atoms with Crippen LogP contribution in [0.25, 0.3) is 22.0 Å². The molecular formula is C35H33N3O3. The molecule has 6 rings (SSSR count). The molecule has 0 saturated carbocycles. The highest BCUT2D eigenvalue weighted by Crippen LogP contribution is 2.30. The number of methoxy groups -OCH3 is 1. The zero-order valence-corrected chi connectivity index (χ0v) is 23.2. The number of amides is 1. The van der Waals surface area contributed by atoms with Crippen LogP contribution in [0.1, 0.15) is 21.5 Å². The van der Waals surface area contributed by atoms with Gasteiger partial charge in [-0.05, 0) is 46.5 Å². The van der Waals surface area contributed by atoms with Crippen LogP contribution in [0, 0.1) is 0 Å². The molecule has 2 heterocycles. The van der Waals surface area contributed by atoms with Crippen LogP contribution < -0.4 is 10.3 Å². The molecule has 41 heavy (non-hydrogen) atoms. The summed E-state index contributed by atoms with van der Waals surface area (Å²) in [4.78, 5) is 31.0. The van der Waals surface area contributed by atoms with Crippen LogP contribution in [0.3, 0.4) is 0 Å². The summed E-state index contributed by atoms with van der Waals surface area (Å²) in [5.41, 5.74) is 5.53. The standard InChI is InChI=1S/C35H33N3O3/c1-41-30-16-17-31-32(28-10-6-3-7-11-28)23-34(39)38(33(31)22-30)25-27-12-14-29(15-13-27)35(40)37-20-18-36(19-21-37)24-26-8-4-2-5-9-26/h2-17,22-23H,18-21,24-25H2,1H3. The number of carbonyl (C=O) groups excluding carboxylic acids is 1. The minimum atomic E-state index is -0.0851. The summed E-state index contributed by atoms with van der Waals surface area (Å²) in [6.07, 6.45) is 0. The van der Waals surface area contributed by atoms with Gasteiger partial charge in [0.25, 0.3) is 11.5 Å². The molecule has 0 bridgehead atoms. The molecule has 5 aromatic rings. The Morgan fingerprint density at radius 2 is 1.39 bits per heavy atom. The average Bonchev–Trinajstić information content (AvgIpc) is 3.03. The van der Waals surface area contributed by atoms with E-state index in [0.717, 1.165) is 47.2 Å². The smallest absolute Gasteiger partial charge is 0.253 e. The van der Waals surface area contributed by atoms with Crippen LogP contribution in [0.5, 0.6) is 5.75 Å². The number of hydrogen-bond donors (Lipinski definition) is 0. The molecule has 1 fully saturated rings. The molecule has 0 unspecified atom stereocenters. The molecule has 0 spiro atoms. The van der Waals surface area contributed by atoms with Gasteiger partial charge in [0.2, 0.25) is 0 Å². The Hall–Kier alpha value is -4.68. The second kappa shape index (κ2) is 11.8. The highest BCUT2D eigenvalue weighted by molar-refractivity contribution is 5.96. The van der Waals surface area contributed by atoms with E-state index in [0.29, 0.717) is 30.9 Å². The molecule has 0 aliphatic carbocycles. The van der Waals surface area contributed by atoms with Crippen molar-refractivity contribution >= 4 is 16.8 Å². The maximum atomic E-state index is 13.4. The molecule has 4 aromatic carbocycles. The lowest BCUT2D eigenvalue weighted by Gasteiger charge is -2.34. The van der Waals surface area contributed by atoms with E-state index in [1.807, 2.05) is 83.8 Å². The molecule has 0 N–H and O–H groups in total. The van der Waals surface area contributed by atoms with Crippen molar-refractivity contribution < 1.29 is 9.53 Å². The van der Waals surface area contributed by atoms with E-state index < -0.39 is 0 Å². The Balaban J connectivity index is 1.19. The van der Waals surface area contributed by atoms with E-state index >= 15 is 0 Å². The first-order valence-electron chi connectivity index (χ1n) is 14.0. The molecule has 6 heteroatoms. The molecule has 1 aromatic heterocycles. The number of benzene rings is 4. The Kier molecular flexibility index (Phi) is 7.65. The predicted molar refractivity (Wildman–Crippen MR) is 163 cm³/mol. The molecular weight excluding hydrogens is 510 g/mol. The summed E-state index contributed by atoms with van der Waals surface area (Å²) in [6, 6.07) is 35.6. The first-order chi connectivity index (χ1) is 20.1. The molecule has 1 aliphatic heterocycles. The molecule has 1 saturated heterocycles. The highest BCUT2D eigenvalue weighted by atomic mass is 16.5. The monoisotopic (exact) mass is 543 g/mol. The Morgan fingerprint density at radius 1 is 0.732 bits per heavy atom. The van der Waals surface area contributed by atoms with Gasteiger partial charge in [-0.25, -0.2) is 0 Å². The average molecular weight is 544 g/mol. The molecule has 1 amide bonds. The summed E-state index contributed by atoms with van der Waals surface area (Å²) in [7, 11) is 1.63. The van der Waals surface area contributed by atoms with Crippen LogP contribution in [-0.2, 0) is 13.1 Å². The molecule has 206 valence electrons. The summed E-state index contributed by atoms with van der Waals surface area (Å²) in [6.45, 7) is 4.44. The van der Waals surface area contributed by atoms with Gasteiger partial charge in [-0.15, -0.1) is 0 Å². The number of piperazine rings is 1. The van der Waals surface area contributed by atoms with Gasteiger partial charge in [0.15, 0.2) is 0 Å². The van der Waals surface area contributed by atoms with Crippen molar-refractivity contribution in [2.45, 2.75) is 13.1 Å². The van der Waals surface area contributed by atoms with Crippen LogP contribution in [0.4, 0.5) is 0 Å². The van der Waals surface area contributed by atoms with Gasteiger partial charge in [0.1, 0.15) is 5.75 Å². The number of pyridine rings is 1. The van der Waals surface area contributed by atoms with Crippen LogP contribution in [-0.4, -0.2) is 53.6 Å². The first kappa shape index (κ1) is 26.5. The second-order valence-electron chi connectivity index (χ2n) is 10.5. The van der Waals surface area contributed by atoms with E-state index in [1.54, 1.807) is 17.7 Å². The topological polar surface area (TPSA) is 54.8 Å². The van der Waals surface area contributed by atoms with Crippen molar-refractivity contribution in [3.8, 4) is 16.9 Å². The van der Waals surface area contributed by atoms with E-state index in [-0.39, 0.29) is 11.5 Å². The van der Waals surface area contributed by atoms with Crippen LogP contribution in [0.2, 0.25) is 0 Å². The van der Waals surface area contributed by atoms with E-state index in [2.05, 4.69) is 29.2 Å². The fourth-order valence-corrected chi connectivity index (χ4v) is 5.58. The maximum Gasteiger partial charge on any atom is 0.253 e. The first-order valence-corrected chi connectivity index (χ1v) is 14.0. The fraction of sp³-hybridized carbons (Fsp3) is 0.200. The lowest BCUT2D eigenvalue weighted by molar-refractivity contribution is 0.0628. The predicted octanol–water partition coefficient (Wildman–Crippen LogP) is 5.68. The number of carbonyl (C=O) groups is 1. The van der Waals surface area contributed by atoms with E-state index in [4.69, 9.17) is 4.74 Å². The van der Waals surface area contributed by atoms with Crippen molar-refractivity contribution in [1.29, 1.82) is 0 Å². The summed E-state index contributed by atoms with van der Waals surface area (Å²) in [5, 5.41) is 0.981. The van der Waals surface area contributed by atoms with Gasteiger partial charge in [-0.1, -0.05) is 72.8 Å². The molecule has 1 aliphatic rings. The van der Waals surface area contributed by atoms with Gasteiger partial charge in [0.05, 0.1) is 19.2 Å².